The molecule has 4 heterocycles. The molecular formula is C22H21ClN4O3. The summed E-state index contributed by atoms with van der Waals surface area (Å²) in [5, 5.41) is 10.9. The normalized spacial score (nSPS) is 22.4. The zero-order valence-electron chi connectivity index (χ0n) is 16.5. The zero-order valence-corrected chi connectivity index (χ0v) is 17.2. The van der Waals surface area contributed by atoms with Crippen molar-refractivity contribution in [2.75, 3.05) is 0 Å². The van der Waals surface area contributed by atoms with Crippen molar-refractivity contribution in [3.05, 3.63) is 70.8 Å². The molecule has 0 aromatic carbocycles. The number of hydrogen-bond acceptors (Lipinski definition) is 5. The maximum atomic E-state index is 13.4. The van der Waals surface area contributed by atoms with Crippen molar-refractivity contribution in [3.63, 3.8) is 0 Å². The smallest absolute Gasteiger partial charge is 0.296 e. The average molecular weight is 425 g/mol. The number of nitrogens with zero attached hydrogens (tertiary/aromatic N) is 4. The lowest BCUT2D eigenvalue weighted by Gasteiger charge is -2.27. The molecular weight excluding hydrogens is 404 g/mol. The Bertz CT molecular complexity index is 1110. The molecule has 8 heteroatoms. The number of aromatic nitrogens is 2. The molecule has 1 fully saturated rings. The highest BCUT2D eigenvalue weighted by Gasteiger charge is 2.46. The van der Waals surface area contributed by atoms with Gasteiger partial charge in [-0.25, -0.2) is 5.01 Å². The highest BCUT2D eigenvalue weighted by atomic mass is 35.5. The Morgan fingerprint density at radius 2 is 2.13 bits per heavy atom. The van der Waals surface area contributed by atoms with E-state index < -0.39 is 0 Å². The molecule has 3 aromatic heterocycles. The number of halogens is 1. The fraction of sp³-hybridized carbons (Fsp3) is 0.318. The lowest BCUT2D eigenvalue weighted by atomic mass is 9.79. The second-order valence-electron chi connectivity index (χ2n) is 7.46. The summed E-state index contributed by atoms with van der Waals surface area (Å²) in [5.41, 5.74) is 2.19. The number of fused-ring (bicyclic) bond motifs is 1. The van der Waals surface area contributed by atoms with Crippen LogP contribution in [0.2, 0.25) is 5.02 Å². The summed E-state index contributed by atoms with van der Waals surface area (Å²) in [7, 11) is 0. The number of rotatable bonds is 4. The predicted octanol–water partition coefficient (Wildman–Crippen LogP) is 5.18. The maximum Gasteiger partial charge on any atom is 0.296 e. The van der Waals surface area contributed by atoms with Crippen LogP contribution in [0.1, 0.15) is 54.2 Å². The lowest BCUT2D eigenvalue weighted by Crippen LogP contribution is -2.32. The summed E-state index contributed by atoms with van der Waals surface area (Å²) in [4.78, 5) is 13.4. The maximum absolute atomic E-state index is 13.4. The van der Waals surface area contributed by atoms with Crippen LogP contribution >= 0.6 is 11.6 Å². The Balaban J connectivity index is 1.57. The fourth-order valence-corrected chi connectivity index (χ4v) is 4.49. The minimum Gasteiger partial charge on any atom is -0.467 e. The topological polar surface area (TPSA) is 76.8 Å². The number of carbonyl (C=O) groups is 1. The molecule has 2 atom stereocenters. The third-order valence-corrected chi connectivity index (χ3v) is 5.92. The van der Waals surface area contributed by atoms with Crippen molar-refractivity contribution >= 4 is 29.3 Å². The summed E-state index contributed by atoms with van der Waals surface area (Å²) in [6.45, 7) is 2.57. The van der Waals surface area contributed by atoms with Crippen LogP contribution in [-0.2, 0) is 6.54 Å². The van der Waals surface area contributed by atoms with Gasteiger partial charge in [-0.3, -0.25) is 9.48 Å². The molecule has 7 nitrogen and oxygen atoms in total. The van der Waals surface area contributed by atoms with Crippen LogP contribution in [0.4, 0.5) is 0 Å². The van der Waals surface area contributed by atoms with Gasteiger partial charge >= 0.3 is 0 Å². The van der Waals surface area contributed by atoms with Crippen LogP contribution in [0.3, 0.4) is 0 Å². The molecule has 1 amide bonds. The SMILES string of the molecule is CCn1cc(Cl)c(C(=O)N2N=C3/C(=C/c4ccco4)CCC[C@H]3[C@@H]2c2ccco2)n1. The molecule has 3 aromatic rings. The first-order chi connectivity index (χ1) is 14.7. The van der Waals surface area contributed by atoms with Crippen molar-refractivity contribution in [1.29, 1.82) is 0 Å². The molecule has 0 radical (unpaired) electrons. The van der Waals surface area contributed by atoms with Crippen molar-refractivity contribution < 1.29 is 13.6 Å². The first-order valence-corrected chi connectivity index (χ1v) is 10.5. The van der Waals surface area contributed by atoms with E-state index in [2.05, 4.69) is 5.10 Å². The number of allylic oxidation sites excluding steroid dienone is 1. The molecule has 154 valence electrons. The molecule has 1 aliphatic heterocycles. The fourth-order valence-electron chi connectivity index (χ4n) is 4.26. The van der Waals surface area contributed by atoms with Gasteiger partial charge in [0.2, 0.25) is 0 Å². The summed E-state index contributed by atoms with van der Waals surface area (Å²) in [6.07, 6.45) is 9.75. The number of aryl methyl sites for hydroxylation is 1. The molecule has 0 saturated heterocycles. The monoisotopic (exact) mass is 424 g/mol. The Morgan fingerprint density at radius 3 is 2.83 bits per heavy atom. The van der Waals surface area contributed by atoms with E-state index >= 15 is 0 Å². The second kappa shape index (κ2) is 7.65. The van der Waals surface area contributed by atoms with E-state index in [1.54, 1.807) is 23.4 Å². The van der Waals surface area contributed by atoms with E-state index in [4.69, 9.17) is 25.5 Å². The van der Waals surface area contributed by atoms with Crippen LogP contribution in [0, 0.1) is 5.92 Å². The third-order valence-electron chi connectivity index (χ3n) is 5.65. The van der Waals surface area contributed by atoms with E-state index in [1.165, 1.54) is 5.01 Å². The Kier molecular flexibility index (Phi) is 4.83. The summed E-state index contributed by atoms with van der Waals surface area (Å²) >= 11 is 6.32. The van der Waals surface area contributed by atoms with E-state index in [0.29, 0.717) is 17.3 Å². The summed E-state index contributed by atoms with van der Waals surface area (Å²) in [5.74, 6) is 1.20. The first kappa shape index (κ1) is 18.9. The Morgan fingerprint density at radius 1 is 1.30 bits per heavy atom. The van der Waals surface area contributed by atoms with Gasteiger partial charge in [0.1, 0.15) is 17.6 Å². The molecule has 30 heavy (non-hydrogen) atoms. The van der Waals surface area contributed by atoms with Gasteiger partial charge in [-0.15, -0.1) is 0 Å². The number of hydrogen-bond donors (Lipinski definition) is 0. The largest absolute Gasteiger partial charge is 0.467 e. The van der Waals surface area contributed by atoms with Crippen LogP contribution < -0.4 is 0 Å². The van der Waals surface area contributed by atoms with Crippen LogP contribution in [-0.4, -0.2) is 26.4 Å². The summed E-state index contributed by atoms with van der Waals surface area (Å²) < 4.78 is 12.9. The van der Waals surface area contributed by atoms with Crippen molar-refractivity contribution in [2.24, 2.45) is 11.0 Å². The molecule has 2 aliphatic rings. The van der Waals surface area contributed by atoms with Crippen LogP contribution in [0.25, 0.3) is 6.08 Å². The van der Waals surface area contributed by atoms with Crippen molar-refractivity contribution in [2.45, 2.75) is 38.8 Å². The number of amides is 1. The van der Waals surface area contributed by atoms with Gasteiger partial charge < -0.3 is 8.83 Å². The van der Waals surface area contributed by atoms with Gasteiger partial charge in [0, 0.05) is 18.7 Å². The molecule has 1 saturated carbocycles. The average Bonchev–Trinajstić information content (AvgIpc) is 3.53. The minimum absolute atomic E-state index is 0.0436. The number of carbonyl (C=O) groups excluding carboxylic acids is 1. The van der Waals surface area contributed by atoms with E-state index in [9.17, 15) is 4.79 Å². The summed E-state index contributed by atoms with van der Waals surface area (Å²) in [6, 6.07) is 7.16. The second-order valence-corrected chi connectivity index (χ2v) is 7.87. The molecule has 0 bridgehead atoms. The molecule has 0 N–H and O–H groups in total. The highest BCUT2D eigenvalue weighted by Crippen LogP contribution is 2.45. The zero-order chi connectivity index (χ0) is 20.7. The van der Waals surface area contributed by atoms with Gasteiger partial charge in [-0.2, -0.15) is 10.2 Å². The lowest BCUT2D eigenvalue weighted by molar-refractivity contribution is 0.0649. The van der Waals surface area contributed by atoms with Gasteiger partial charge in [0.05, 0.1) is 23.3 Å². The third kappa shape index (κ3) is 3.19. The van der Waals surface area contributed by atoms with Gasteiger partial charge in [0.25, 0.3) is 5.91 Å². The molecule has 5 rings (SSSR count). The molecule has 0 unspecified atom stereocenters. The molecule has 0 spiro atoms. The van der Waals surface area contributed by atoms with E-state index in [1.807, 2.05) is 37.3 Å². The minimum atomic E-state index is -0.328. The number of furan rings is 2. The number of hydrazone groups is 1. The van der Waals surface area contributed by atoms with Crippen LogP contribution in [0.5, 0.6) is 0 Å². The predicted molar refractivity (Wildman–Crippen MR) is 112 cm³/mol. The van der Waals surface area contributed by atoms with E-state index in [0.717, 1.165) is 36.3 Å². The van der Waals surface area contributed by atoms with Crippen molar-refractivity contribution in [3.8, 4) is 0 Å². The Labute approximate surface area is 178 Å². The van der Waals surface area contributed by atoms with E-state index in [-0.39, 0.29) is 23.6 Å². The first-order valence-electron chi connectivity index (χ1n) is 10.1. The standard InChI is InChI=1S/C22H21ClN4O3/c1-2-26-13-17(23)20(24-26)22(28)27-21(18-9-5-11-30-18)16-8-3-6-14(19(16)25-27)12-15-7-4-10-29-15/h4-5,7,9-13,16,21H,2-3,6,8H2,1H3/b14-12+/t16-,21-/m1/s1. The highest BCUT2D eigenvalue weighted by molar-refractivity contribution is 6.33. The van der Waals surface area contributed by atoms with Gasteiger partial charge in [-0.05, 0) is 62.1 Å². The Hall–Kier alpha value is -3.06. The van der Waals surface area contributed by atoms with Gasteiger partial charge in [0.15, 0.2) is 5.69 Å². The van der Waals surface area contributed by atoms with Crippen LogP contribution in [0.15, 0.2) is 62.5 Å². The van der Waals surface area contributed by atoms with Gasteiger partial charge in [-0.1, -0.05) is 11.6 Å². The quantitative estimate of drug-likeness (QED) is 0.578. The molecule has 1 aliphatic carbocycles. The van der Waals surface area contributed by atoms with Crippen molar-refractivity contribution in [1.82, 2.24) is 14.8 Å².